The molecule has 2 atom stereocenters. The van der Waals surface area contributed by atoms with E-state index in [1.54, 1.807) is 24.3 Å². The minimum absolute atomic E-state index is 0.0596. The summed E-state index contributed by atoms with van der Waals surface area (Å²) < 4.78 is 0. The van der Waals surface area contributed by atoms with E-state index in [4.69, 9.17) is 0 Å². The molecule has 0 aliphatic heterocycles. The third-order valence-electron chi connectivity index (χ3n) is 6.99. The summed E-state index contributed by atoms with van der Waals surface area (Å²) in [5.74, 6) is -0.356. The smallest absolute Gasteiger partial charge is 0.253 e. The molecule has 214 valence electrons. The van der Waals surface area contributed by atoms with Crippen molar-refractivity contribution < 1.29 is 14.7 Å². The number of hydrogen-bond donors (Lipinski definition) is 3. The highest BCUT2D eigenvalue weighted by molar-refractivity contribution is 5.99. The van der Waals surface area contributed by atoms with Crippen LogP contribution in [0.2, 0.25) is 0 Å². The number of amides is 2. The monoisotopic (exact) mass is 543 g/mol. The normalized spacial score (nSPS) is 12.5. The molecule has 3 N–H and O–H groups in total. The zero-order valence-electron chi connectivity index (χ0n) is 24.0. The van der Waals surface area contributed by atoms with Crippen molar-refractivity contribution in [1.29, 1.82) is 0 Å². The van der Waals surface area contributed by atoms with Crippen molar-refractivity contribution in [2.45, 2.75) is 64.5 Å². The van der Waals surface area contributed by atoms with Crippen molar-refractivity contribution in [3.8, 4) is 0 Å². The predicted octanol–water partition coefficient (Wildman–Crippen LogP) is 5.26. The summed E-state index contributed by atoms with van der Waals surface area (Å²) in [6, 6.07) is 26.7. The summed E-state index contributed by atoms with van der Waals surface area (Å²) in [4.78, 5) is 28.3. The van der Waals surface area contributed by atoms with Gasteiger partial charge in [0, 0.05) is 30.8 Å². The molecule has 6 nitrogen and oxygen atoms in total. The molecule has 0 heterocycles. The topological polar surface area (TPSA) is 81.7 Å². The van der Waals surface area contributed by atoms with Gasteiger partial charge in [0.25, 0.3) is 11.8 Å². The Labute approximate surface area is 239 Å². The lowest BCUT2D eigenvalue weighted by molar-refractivity contribution is 0.0755. The third-order valence-corrected chi connectivity index (χ3v) is 6.99. The molecule has 0 aromatic heterocycles. The Bertz CT molecular complexity index is 1150. The Balaban J connectivity index is 1.60. The van der Waals surface area contributed by atoms with Gasteiger partial charge < -0.3 is 20.6 Å². The van der Waals surface area contributed by atoms with Gasteiger partial charge in [-0.1, -0.05) is 80.6 Å². The number of carbonyl (C=O) groups excluding carboxylic acids is 2. The van der Waals surface area contributed by atoms with Crippen LogP contribution in [-0.2, 0) is 12.8 Å². The summed E-state index contributed by atoms with van der Waals surface area (Å²) in [7, 11) is 0. The van der Waals surface area contributed by atoms with Gasteiger partial charge in [-0.15, -0.1) is 0 Å². The molecule has 3 aromatic carbocycles. The second-order valence-electron chi connectivity index (χ2n) is 10.4. The lowest BCUT2D eigenvalue weighted by atomic mass is 10.00. The summed E-state index contributed by atoms with van der Waals surface area (Å²) in [5, 5.41) is 17.5. The number of unbranched alkanes of at least 4 members (excludes halogenated alkanes) is 1. The number of carbonyl (C=O) groups is 2. The Morgan fingerprint density at radius 3 is 2.08 bits per heavy atom. The first-order valence-corrected chi connectivity index (χ1v) is 14.7. The highest BCUT2D eigenvalue weighted by atomic mass is 16.3. The molecular formula is C34H45N3O3. The van der Waals surface area contributed by atoms with E-state index in [2.05, 4.69) is 48.7 Å². The molecular weight excluding hydrogens is 498 g/mol. The van der Waals surface area contributed by atoms with E-state index in [1.807, 2.05) is 41.3 Å². The number of aliphatic hydroxyl groups is 1. The lowest BCUT2D eigenvalue weighted by Crippen LogP contribution is -2.48. The largest absolute Gasteiger partial charge is 0.390 e. The van der Waals surface area contributed by atoms with Gasteiger partial charge >= 0.3 is 0 Å². The van der Waals surface area contributed by atoms with Crippen LogP contribution in [0.4, 0.5) is 0 Å². The van der Waals surface area contributed by atoms with Crippen LogP contribution in [0.1, 0.15) is 71.4 Å². The second kappa shape index (κ2) is 17.3. The molecule has 0 spiro atoms. The maximum Gasteiger partial charge on any atom is 0.253 e. The Morgan fingerprint density at radius 2 is 1.43 bits per heavy atom. The van der Waals surface area contributed by atoms with Gasteiger partial charge in [0.2, 0.25) is 0 Å². The average Bonchev–Trinajstić information content (AvgIpc) is 2.99. The van der Waals surface area contributed by atoms with Gasteiger partial charge in [-0.25, -0.2) is 0 Å². The number of nitrogens with one attached hydrogen (secondary N) is 2. The third kappa shape index (κ3) is 10.2. The van der Waals surface area contributed by atoms with Crippen molar-refractivity contribution >= 4 is 11.8 Å². The Morgan fingerprint density at radius 1 is 0.800 bits per heavy atom. The number of nitrogens with zero attached hydrogens (tertiary/aromatic N) is 1. The number of rotatable bonds is 17. The van der Waals surface area contributed by atoms with E-state index < -0.39 is 12.1 Å². The fourth-order valence-electron chi connectivity index (χ4n) is 4.85. The van der Waals surface area contributed by atoms with Crippen molar-refractivity contribution in [1.82, 2.24) is 15.5 Å². The van der Waals surface area contributed by atoms with Crippen molar-refractivity contribution in [3.63, 3.8) is 0 Å². The summed E-state index contributed by atoms with van der Waals surface area (Å²) in [6.45, 7) is 6.66. The zero-order chi connectivity index (χ0) is 28.6. The Hall–Kier alpha value is -3.48. The molecule has 0 saturated carbocycles. The van der Waals surface area contributed by atoms with Crippen LogP contribution in [-0.4, -0.2) is 60.1 Å². The molecule has 3 aromatic rings. The standard InChI is InChI=1S/C34H45N3O3/c1-3-22-37(23-4-2)34(40)30-20-13-19-29(25-30)33(39)36-31(24-28-17-9-6-10-18-28)32(38)26-35-21-12-11-16-27-14-7-5-8-15-27/h5-10,13-15,17-20,25,31-32,35,38H,3-4,11-12,16,21-24,26H2,1-2H3,(H,36,39)/t31-,32+/m0/s1. The van der Waals surface area contributed by atoms with Crippen LogP contribution >= 0.6 is 0 Å². The van der Waals surface area contributed by atoms with E-state index in [9.17, 15) is 14.7 Å². The maximum atomic E-state index is 13.3. The molecule has 40 heavy (non-hydrogen) atoms. The first kappa shape index (κ1) is 31.1. The number of hydrogen-bond acceptors (Lipinski definition) is 4. The van der Waals surface area contributed by atoms with E-state index in [0.29, 0.717) is 37.2 Å². The van der Waals surface area contributed by atoms with Gasteiger partial charge in [-0.2, -0.15) is 0 Å². The van der Waals surface area contributed by atoms with Crippen LogP contribution in [0, 0.1) is 0 Å². The first-order chi connectivity index (χ1) is 19.5. The first-order valence-electron chi connectivity index (χ1n) is 14.7. The van der Waals surface area contributed by atoms with Crippen LogP contribution in [0.3, 0.4) is 0 Å². The number of aryl methyl sites for hydroxylation is 1. The summed E-state index contributed by atoms with van der Waals surface area (Å²) >= 11 is 0. The van der Waals surface area contributed by atoms with Crippen molar-refractivity contribution in [2.24, 2.45) is 0 Å². The zero-order valence-corrected chi connectivity index (χ0v) is 24.0. The molecule has 0 unspecified atom stereocenters. The number of benzene rings is 3. The van der Waals surface area contributed by atoms with Crippen LogP contribution in [0.15, 0.2) is 84.9 Å². The van der Waals surface area contributed by atoms with E-state index in [0.717, 1.165) is 44.2 Å². The minimum atomic E-state index is -0.771. The fraction of sp³-hybridized carbons (Fsp3) is 0.412. The molecule has 0 aliphatic carbocycles. The van der Waals surface area contributed by atoms with E-state index in [1.165, 1.54) is 5.56 Å². The predicted molar refractivity (Wildman–Crippen MR) is 163 cm³/mol. The fourth-order valence-corrected chi connectivity index (χ4v) is 4.85. The number of aliphatic hydroxyl groups excluding tert-OH is 1. The van der Waals surface area contributed by atoms with Crippen molar-refractivity contribution in [2.75, 3.05) is 26.2 Å². The molecule has 0 fully saturated rings. The highest BCUT2D eigenvalue weighted by Gasteiger charge is 2.23. The molecule has 3 rings (SSSR count). The molecule has 0 bridgehead atoms. The second-order valence-corrected chi connectivity index (χ2v) is 10.4. The molecule has 6 heteroatoms. The van der Waals surface area contributed by atoms with E-state index >= 15 is 0 Å². The molecule has 2 amide bonds. The summed E-state index contributed by atoms with van der Waals surface area (Å²) in [6.07, 6.45) is 4.60. The molecule has 0 saturated heterocycles. The van der Waals surface area contributed by atoms with Gasteiger partial charge in [-0.05, 0) is 74.4 Å². The molecule has 0 radical (unpaired) electrons. The van der Waals surface area contributed by atoms with Gasteiger partial charge in [0.15, 0.2) is 0 Å². The van der Waals surface area contributed by atoms with Crippen LogP contribution in [0.25, 0.3) is 0 Å². The summed E-state index contributed by atoms with van der Waals surface area (Å²) in [5.41, 5.74) is 3.29. The lowest BCUT2D eigenvalue weighted by Gasteiger charge is -2.25. The SMILES string of the molecule is CCCN(CCC)C(=O)c1cccc(C(=O)N[C@@H](Cc2ccccc2)[C@H](O)CNCCCCc2ccccc2)c1. The van der Waals surface area contributed by atoms with E-state index in [-0.39, 0.29) is 11.8 Å². The van der Waals surface area contributed by atoms with Gasteiger partial charge in [0.05, 0.1) is 12.1 Å². The van der Waals surface area contributed by atoms with Crippen LogP contribution in [0.5, 0.6) is 0 Å². The van der Waals surface area contributed by atoms with Crippen LogP contribution < -0.4 is 10.6 Å². The average molecular weight is 544 g/mol. The highest BCUT2D eigenvalue weighted by Crippen LogP contribution is 2.13. The van der Waals surface area contributed by atoms with Gasteiger partial charge in [-0.3, -0.25) is 9.59 Å². The maximum absolute atomic E-state index is 13.3. The van der Waals surface area contributed by atoms with Crippen molar-refractivity contribution in [3.05, 3.63) is 107 Å². The quantitative estimate of drug-likeness (QED) is 0.203. The Kier molecular flexibility index (Phi) is 13.4. The van der Waals surface area contributed by atoms with Gasteiger partial charge in [0.1, 0.15) is 0 Å². The molecule has 0 aliphatic rings. The minimum Gasteiger partial charge on any atom is -0.390 e.